The van der Waals surface area contributed by atoms with Gasteiger partial charge in [-0.3, -0.25) is 0 Å². The molecule has 1 rings (SSSR count). The minimum Gasteiger partial charge on any atom is -0.467 e. The van der Waals surface area contributed by atoms with Crippen molar-refractivity contribution in [3.8, 4) is 0 Å². The molecule has 2 atom stereocenters. The lowest BCUT2D eigenvalue weighted by atomic mass is 10.2. The Morgan fingerprint density at radius 2 is 2.36 bits per heavy atom. The van der Waals surface area contributed by atoms with E-state index in [1.54, 1.807) is 0 Å². The van der Waals surface area contributed by atoms with E-state index in [-0.39, 0.29) is 12.1 Å². The molecule has 0 aromatic carbocycles. The molecule has 1 saturated heterocycles. The lowest BCUT2D eigenvalue weighted by molar-refractivity contribution is -0.151. The van der Waals surface area contributed by atoms with Crippen LogP contribution in [0.3, 0.4) is 0 Å². The average Bonchev–Trinajstić information content (AvgIpc) is 2.66. The number of carbonyl (C=O) groups excluding carboxylic acids is 1. The van der Waals surface area contributed by atoms with Gasteiger partial charge in [0.25, 0.3) is 0 Å². The average molecular weight is 202 g/mol. The standard InChI is InChI=1S/C10H18O4/c1-3-4-5-13-8-6-9(14-7-8)10(11)12-2/h8-9H,3-7H2,1-2H3/t8-,9-/m0/s1. The first-order valence-corrected chi connectivity index (χ1v) is 5.09. The normalized spacial score (nSPS) is 26.4. The Balaban J connectivity index is 2.17. The van der Waals surface area contributed by atoms with Crippen LogP contribution in [0.2, 0.25) is 0 Å². The number of esters is 1. The molecule has 0 radical (unpaired) electrons. The maximum Gasteiger partial charge on any atom is 0.335 e. The van der Waals surface area contributed by atoms with Gasteiger partial charge in [-0.2, -0.15) is 0 Å². The van der Waals surface area contributed by atoms with Crippen LogP contribution in [0.5, 0.6) is 0 Å². The van der Waals surface area contributed by atoms with E-state index in [0.717, 1.165) is 19.4 Å². The summed E-state index contributed by atoms with van der Waals surface area (Å²) in [5.41, 5.74) is 0. The highest BCUT2D eigenvalue weighted by Gasteiger charge is 2.31. The number of hydrogen-bond acceptors (Lipinski definition) is 4. The van der Waals surface area contributed by atoms with Crippen LogP contribution in [0.25, 0.3) is 0 Å². The van der Waals surface area contributed by atoms with Gasteiger partial charge in [-0.15, -0.1) is 0 Å². The quantitative estimate of drug-likeness (QED) is 0.495. The number of carbonyl (C=O) groups is 1. The molecule has 1 fully saturated rings. The van der Waals surface area contributed by atoms with E-state index in [9.17, 15) is 4.79 Å². The zero-order valence-corrected chi connectivity index (χ0v) is 8.82. The van der Waals surface area contributed by atoms with E-state index in [4.69, 9.17) is 9.47 Å². The van der Waals surface area contributed by atoms with Gasteiger partial charge in [0.2, 0.25) is 0 Å². The molecule has 0 aromatic rings. The van der Waals surface area contributed by atoms with Crippen LogP contribution in [0.4, 0.5) is 0 Å². The summed E-state index contributed by atoms with van der Waals surface area (Å²) in [4.78, 5) is 11.1. The van der Waals surface area contributed by atoms with Crippen molar-refractivity contribution in [2.24, 2.45) is 0 Å². The van der Waals surface area contributed by atoms with Gasteiger partial charge in [0.15, 0.2) is 6.10 Å². The predicted molar refractivity (Wildman–Crippen MR) is 51.0 cm³/mol. The Morgan fingerprint density at radius 3 is 3.00 bits per heavy atom. The highest BCUT2D eigenvalue weighted by Crippen LogP contribution is 2.17. The lowest BCUT2D eigenvalue weighted by Gasteiger charge is -2.08. The highest BCUT2D eigenvalue weighted by atomic mass is 16.6. The van der Waals surface area contributed by atoms with Crippen LogP contribution in [0, 0.1) is 0 Å². The third-order valence-electron chi connectivity index (χ3n) is 2.28. The van der Waals surface area contributed by atoms with E-state index < -0.39 is 6.10 Å². The smallest absolute Gasteiger partial charge is 0.335 e. The summed E-state index contributed by atoms with van der Waals surface area (Å²) < 4.78 is 15.4. The highest BCUT2D eigenvalue weighted by molar-refractivity contribution is 5.74. The molecule has 4 nitrogen and oxygen atoms in total. The van der Waals surface area contributed by atoms with Crippen molar-refractivity contribution in [3.63, 3.8) is 0 Å². The van der Waals surface area contributed by atoms with E-state index in [1.807, 2.05) is 0 Å². The summed E-state index contributed by atoms with van der Waals surface area (Å²) in [6.07, 6.45) is 2.43. The summed E-state index contributed by atoms with van der Waals surface area (Å²) >= 11 is 0. The van der Waals surface area contributed by atoms with Crippen LogP contribution < -0.4 is 0 Å². The number of hydrogen-bond donors (Lipinski definition) is 0. The van der Waals surface area contributed by atoms with Crippen LogP contribution in [0.1, 0.15) is 26.2 Å². The van der Waals surface area contributed by atoms with Gasteiger partial charge in [-0.25, -0.2) is 4.79 Å². The Labute approximate surface area is 84.5 Å². The molecule has 0 aliphatic carbocycles. The predicted octanol–water partition coefficient (Wildman–Crippen LogP) is 1.13. The largest absolute Gasteiger partial charge is 0.467 e. The Morgan fingerprint density at radius 1 is 1.57 bits per heavy atom. The number of unbranched alkanes of at least 4 members (excludes halogenated alkanes) is 1. The van der Waals surface area contributed by atoms with Crippen molar-refractivity contribution in [2.75, 3.05) is 20.3 Å². The molecular weight excluding hydrogens is 184 g/mol. The SMILES string of the molecule is CCCCO[C@@H]1CO[C@H](C(=O)OC)C1. The van der Waals surface area contributed by atoms with Crippen LogP contribution in [-0.2, 0) is 19.0 Å². The topological polar surface area (TPSA) is 44.8 Å². The van der Waals surface area contributed by atoms with Crippen molar-refractivity contribution >= 4 is 5.97 Å². The number of ether oxygens (including phenoxy) is 3. The summed E-state index contributed by atoms with van der Waals surface area (Å²) in [7, 11) is 1.37. The third-order valence-corrected chi connectivity index (χ3v) is 2.28. The minimum absolute atomic E-state index is 0.0608. The van der Waals surface area contributed by atoms with Crippen LogP contribution in [-0.4, -0.2) is 38.5 Å². The Kier molecular flexibility index (Phi) is 4.90. The zero-order valence-electron chi connectivity index (χ0n) is 8.82. The van der Waals surface area contributed by atoms with Crippen LogP contribution >= 0.6 is 0 Å². The lowest BCUT2D eigenvalue weighted by Crippen LogP contribution is -2.21. The first-order valence-electron chi connectivity index (χ1n) is 5.09. The summed E-state index contributed by atoms with van der Waals surface area (Å²) in [5.74, 6) is -0.299. The van der Waals surface area contributed by atoms with E-state index in [0.29, 0.717) is 13.0 Å². The summed E-state index contributed by atoms with van der Waals surface area (Å²) in [5, 5.41) is 0. The molecule has 4 heteroatoms. The Hall–Kier alpha value is -0.610. The van der Waals surface area contributed by atoms with Crippen molar-refractivity contribution in [1.29, 1.82) is 0 Å². The Bertz CT molecular complexity index is 181. The zero-order chi connectivity index (χ0) is 10.4. The number of rotatable bonds is 5. The van der Waals surface area contributed by atoms with Gasteiger partial charge < -0.3 is 14.2 Å². The molecule has 1 aliphatic heterocycles. The minimum atomic E-state index is -0.424. The van der Waals surface area contributed by atoms with Crippen LogP contribution in [0.15, 0.2) is 0 Å². The molecule has 1 aliphatic rings. The molecule has 0 amide bonds. The molecule has 0 spiro atoms. The van der Waals surface area contributed by atoms with E-state index >= 15 is 0 Å². The fraction of sp³-hybridized carbons (Fsp3) is 0.900. The second-order valence-electron chi connectivity index (χ2n) is 3.43. The van der Waals surface area contributed by atoms with Crippen molar-refractivity contribution < 1.29 is 19.0 Å². The molecule has 82 valence electrons. The first kappa shape index (κ1) is 11.5. The van der Waals surface area contributed by atoms with E-state index in [2.05, 4.69) is 11.7 Å². The second kappa shape index (κ2) is 5.98. The van der Waals surface area contributed by atoms with Crippen molar-refractivity contribution in [2.45, 2.75) is 38.4 Å². The molecule has 0 unspecified atom stereocenters. The van der Waals surface area contributed by atoms with E-state index in [1.165, 1.54) is 7.11 Å². The number of methoxy groups -OCH3 is 1. The summed E-state index contributed by atoms with van der Waals surface area (Å²) in [6, 6.07) is 0. The molecule has 0 N–H and O–H groups in total. The molecule has 1 heterocycles. The van der Waals surface area contributed by atoms with Gasteiger partial charge >= 0.3 is 5.97 Å². The molecule has 14 heavy (non-hydrogen) atoms. The maximum absolute atomic E-state index is 11.1. The first-order chi connectivity index (χ1) is 6.77. The van der Waals surface area contributed by atoms with Gasteiger partial charge in [0.05, 0.1) is 19.8 Å². The molecular formula is C10H18O4. The summed E-state index contributed by atoms with van der Waals surface area (Å²) in [6.45, 7) is 3.37. The van der Waals surface area contributed by atoms with Crippen molar-refractivity contribution in [1.82, 2.24) is 0 Å². The molecule has 0 saturated carbocycles. The fourth-order valence-corrected chi connectivity index (χ4v) is 1.40. The van der Waals surface area contributed by atoms with Gasteiger partial charge in [-0.1, -0.05) is 13.3 Å². The maximum atomic E-state index is 11.1. The van der Waals surface area contributed by atoms with Gasteiger partial charge in [0, 0.05) is 13.0 Å². The molecule has 0 bridgehead atoms. The monoisotopic (exact) mass is 202 g/mol. The fourth-order valence-electron chi connectivity index (χ4n) is 1.40. The second-order valence-corrected chi connectivity index (χ2v) is 3.43. The third kappa shape index (κ3) is 3.27. The molecule has 0 aromatic heterocycles. The van der Waals surface area contributed by atoms with Gasteiger partial charge in [0.1, 0.15) is 0 Å². The van der Waals surface area contributed by atoms with Gasteiger partial charge in [-0.05, 0) is 6.42 Å². The van der Waals surface area contributed by atoms with Crippen molar-refractivity contribution in [3.05, 3.63) is 0 Å².